The lowest BCUT2D eigenvalue weighted by molar-refractivity contribution is -0.0948. The number of rotatable bonds is 28. The highest BCUT2D eigenvalue weighted by atomic mass is 33.1. The molecule has 0 amide bonds. The van der Waals surface area contributed by atoms with E-state index in [2.05, 4.69) is 78.5 Å². The average molecular weight is 680 g/mol. The summed E-state index contributed by atoms with van der Waals surface area (Å²) in [5.41, 5.74) is 2.97. The van der Waals surface area contributed by atoms with Gasteiger partial charge >= 0.3 is 0 Å². The highest BCUT2D eigenvalue weighted by Gasteiger charge is 2.22. The first kappa shape index (κ1) is 41.8. The standard InChI is InChI=1S/C40H73NO3S2/c1-9-11-20-40(44-33(5)6)39(10-2)43-27-29-46-45-28-26-42-38-22-21-37-31-41(25-23-36(37)30-38)24-14-19-35(8)18-13-17-34(7)16-12-15-32(3)4/h21-22,30,32-35,39-40H,9-20,23-29,31H2,1-8H3. The van der Waals surface area contributed by atoms with E-state index in [-0.39, 0.29) is 18.3 Å². The van der Waals surface area contributed by atoms with Crippen LogP contribution in [-0.2, 0) is 22.4 Å². The molecule has 1 aliphatic rings. The fourth-order valence-corrected chi connectivity index (χ4v) is 8.31. The Hall–Kier alpha value is -0.400. The Balaban J connectivity index is 1.55. The molecule has 4 nitrogen and oxygen atoms in total. The van der Waals surface area contributed by atoms with Gasteiger partial charge in [0.25, 0.3) is 0 Å². The van der Waals surface area contributed by atoms with E-state index in [0.717, 1.165) is 74.0 Å². The Morgan fingerprint density at radius 1 is 0.739 bits per heavy atom. The molecule has 0 spiro atoms. The second-order valence-electron chi connectivity index (χ2n) is 14.7. The Morgan fingerprint density at radius 2 is 1.41 bits per heavy atom. The molecule has 0 fully saturated rings. The van der Waals surface area contributed by atoms with Crippen molar-refractivity contribution in [2.24, 2.45) is 17.8 Å². The SMILES string of the molecule is CCCCC(OC(C)C)C(CC)OCCSSCCOc1ccc2c(c1)CCN(CCCC(C)CCCC(C)CCCC(C)C)C2. The highest BCUT2D eigenvalue weighted by molar-refractivity contribution is 8.76. The molecule has 0 aliphatic carbocycles. The van der Waals surface area contributed by atoms with E-state index in [0.29, 0.717) is 0 Å². The molecule has 1 heterocycles. The zero-order valence-corrected chi connectivity index (χ0v) is 33.0. The monoisotopic (exact) mass is 680 g/mol. The van der Waals surface area contributed by atoms with Crippen molar-refractivity contribution in [3.63, 3.8) is 0 Å². The molecule has 2 rings (SSSR count). The third kappa shape index (κ3) is 19.0. The molecule has 0 saturated heterocycles. The van der Waals surface area contributed by atoms with Crippen LogP contribution in [0.15, 0.2) is 18.2 Å². The summed E-state index contributed by atoms with van der Waals surface area (Å²) in [5.74, 6) is 5.62. The van der Waals surface area contributed by atoms with E-state index in [4.69, 9.17) is 14.2 Å². The average Bonchev–Trinajstić information content (AvgIpc) is 3.02. The summed E-state index contributed by atoms with van der Waals surface area (Å²) in [5, 5.41) is 0. The lowest BCUT2D eigenvalue weighted by atomic mass is 9.92. The molecule has 0 saturated carbocycles. The molecule has 0 aromatic heterocycles. The van der Waals surface area contributed by atoms with Crippen LogP contribution in [0, 0.1) is 17.8 Å². The van der Waals surface area contributed by atoms with Crippen LogP contribution in [0.4, 0.5) is 0 Å². The van der Waals surface area contributed by atoms with E-state index in [9.17, 15) is 0 Å². The molecular weight excluding hydrogens is 607 g/mol. The molecule has 1 aliphatic heterocycles. The first-order valence-corrected chi connectivity index (χ1v) is 21.7. The maximum Gasteiger partial charge on any atom is 0.119 e. The molecule has 4 atom stereocenters. The predicted molar refractivity (Wildman–Crippen MR) is 206 cm³/mol. The van der Waals surface area contributed by atoms with Crippen molar-refractivity contribution < 1.29 is 14.2 Å². The summed E-state index contributed by atoms with van der Waals surface area (Å²) in [6.45, 7) is 23.4. The lowest BCUT2D eigenvalue weighted by Crippen LogP contribution is -2.34. The summed E-state index contributed by atoms with van der Waals surface area (Å²) in [7, 11) is 3.77. The molecule has 0 bridgehead atoms. The number of ether oxygens (including phenoxy) is 3. The van der Waals surface area contributed by atoms with Gasteiger partial charge in [-0.3, -0.25) is 4.90 Å². The van der Waals surface area contributed by atoms with Crippen LogP contribution in [-0.4, -0.2) is 61.0 Å². The summed E-state index contributed by atoms with van der Waals surface area (Å²) < 4.78 is 18.6. The Kier molecular flexibility index (Phi) is 23.2. The van der Waals surface area contributed by atoms with Gasteiger partial charge in [0, 0.05) is 24.6 Å². The molecule has 0 radical (unpaired) electrons. The Morgan fingerprint density at radius 3 is 2.07 bits per heavy atom. The quantitative estimate of drug-likeness (QED) is 0.0647. The number of hydrogen-bond donors (Lipinski definition) is 0. The van der Waals surface area contributed by atoms with Gasteiger partial charge in [-0.1, -0.05) is 121 Å². The van der Waals surface area contributed by atoms with Crippen molar-refractivity contribution in [2.75, 3.05) is 37.8 Å². The number of fused-ring (bicyclic) bond motifs is 1. The minimum absolute atomic E-state index is 0.195. The summed E-state index contributed by atoms with van der Waals surface area (Å²) in [6.07, 6.45) is 17.4. The van der Waals surface area contributed by atoms with Gasteiger partial charge in [0.2, 0.25) is 0 Å². The highest BCUT2D eigenvalue weighted by Crippen LogP contribution is 2.27. The van der Waals surface area contributed by atoms with Crippen molar-refractivity contribution in [3.05, 3.63) is 29.3 Å². The van der Waals surface area contributed by atoms with Crippen LogP contribution < -0.4 is 4.74 Å². The van der Waals surface area contributed by atoms with Gasteiger partial charge in [-0.2, -0.15) is 0 Å². The van der Waals surface area contributed by atoms with E-state index in [1.54, 1.807) is 0 Å². The summed E-state index contributed by atoms with van der Waals surface area (Å²) in [6, 6.07) is 6.78. The molecule has 1 aromatic rings. The van der Waals surface area contributed by atoms with E-state index >= 15 is 0 Å². The maximum absolute atomic E-state index is 6.26. The maximum atomic E-state index is 6.26. The second-order valence-corrected chi connectivity index (χ2v) is 17.4. The lowest BCUT2D eigenvalue weighted by Gasteiger charge is -2.29. The van der Waals surface area contributed by atoms with Gasteiger partial charge in [-0.05, 0) is 93.5 Å². The number of unbranched alkanes of at least 4 members (excludes halogenated alkanes) is 1. The van der Waals surface area contributed by atoms with Crippen molar-refractivity contribution >= 4 is 21.6 Å². The van der Waals surface area contributed by atoms with E-state index in [1.165, 1.54) is 88.4 Å². The van der Waals surface area contributed by atoms with Crippen molar-refractivity contribution in [1.82, 2.24) is 4.90 Å². The zero-order valence-electron chi connectivity index (χ0n) is 31.3. The van der Waals surface area contributed by atoms with E-state index < -0.39 is 0 Å². The van der Waals surface area contributed by atoms with Gasteiger partial charge in [0.1, 0.15) is 5.75 Å². The van der Waals surface area contributed by atoms with Crippen LogP contribution in [0.3, 0.4) is 0 Å². The number of benzene rings is 1. The molecule has 4 unspecified atom stereocenters. The molecule has 1 aromatic carbocycles. The first-order valence-electron chi connectivity index (χ1n) is 19.2. The zero-order chi connectivity index (χ0) is 33.6. The third-order valence-electron chi connectivity index (χ3n) is 9.44. The molecule has 268 valence electrons. The van der Waals surface area contributed by atoms with Gasteiger partial charge in [0.05, 0.1) is 31.5 Å². The van der Waals surface area contributed by atoms with Crippen molar-refractivity contribution in [2.45, 2.75) is 164 Å². The predicted octanol–water partition coefficient (Wildman–Crippen LogP) is 11.6. The van der Waals surface area contributed by atoms with Crippen LogP contribution in [0.5, 0.6) is 5.75 Å². The topological polar surface area (TPSA) is 30.9 Å². The summed E-state index contributed by atoms with van der Waals surface area (Å²) >= 11 is 0. The minimum atomic E-state index is 0.195. The molecule has 46 heavy (non-hydrogen) atoms. The van der Waals surface area contributed by atoms with Crippen LogP contribution in [0.2, 0.25) is 0 Å². The van der Waals surface area contributed by atoms with E-state index in [1.807, 2.05) is 21.6 Å². The normalized spacial score (nSPS) is 16.5. The Labute approximate surface area is 294 Å². The van der Waals surface area contributed by atoms with Gasteiger partial charge in [-0.15, -0.1) is 0 Å². The van der Waals surface area contributed by atoms with Gasteiger partial charge in [0.15, 0.2) is 0 Å². The summed E-state index contributed by atoms with van der Waals surface area (Å²) in [4.78, 5) is 2.66. The smallest absolute Gasteiger partial charge is 0.119 e. The first-order chi connectivity index (χ1) is 22.2. The van der Waals surface area contributed by atoms with Crippen LogP contribution in [0.25, 0.3) is 0 Å². The van der Waals surface area contributed by atoms with Gasteiger partial charge in [-0.25, -0.2) is 0 Å². The third-order valence-corrected chi connectivity index (χ3v) is 11.8. The number of nitrogens with zero attached hydrogens (tertiary/aromatic N) is 1. The molecule has 6 heteroatoms. The van der Waals surface area contributed by atoms with Crippen molar-refractivity contribution in [3.8, 4) is 5.75 Å². The second kappa shape index (κ2) is 25.6. The molecule has 0 N–H and O–H groups in total. The van der Waals surface area contributed by atoms with Gasteiger partial charge < -0.3 is 14.2 Å². The largest absolute Gasteiger partial charge is 0.493 e. The minimum Gasteiger partial charge on any atom is -0.493 e. The number of hydrogen-bond acceptors (Lipinski definition) is 6. The Bertz CT molecular complexity index is 882. The van der Waals surface area contributed by atoms with Crippen LogP contribution >= 0.6 is 21.6 Å². The fourth-order valence-electron chi connectivity index (χ4n) is 6.64. The van der Waals surface area contributed by atoms with Crippen molar-refractivity contribution in [1.29, 1.82) is 0 Å². The van der Waals surface area contributed by atoms with Crippen LogP contribution in [0.1, 0.15) is 144 Å². The fraction of sp³-hybridized carbons (Fsp3) is 0.850. The molecular formula is C40H73NO3S2.